The quantitative estimate of drug-likeness (QED) is 0.161. The van der Waals surface area contributed by atoms with Crippen LogP contribution in [-0.4, -0.2) is 69.1 Å². The number of fused-ring (bicyclic) bond motifs is 4. The van der Waals surface area contributed by atoms with Crippen molar-refractivity contribution in [1.29, 1.82) is 0 Å². The van der Waals surface area contributed by atoms with Crippen molar-refractivity contribution in [2.45, 2.75) is 184 Å². The van der Waals surface area contributed by atoms with Crippen LogP contribution in [0.1, 0.15) is 250 Å². The molecule has 0 bridgehead atoms. The first kappa shape index (κ1) is 56.9. The number of benzene rings is 5. The Morgan fingerprint density at radius 3 is 0.769 bits per heavy atom. The van der Waals surface area contributed by atoms with Gasteiger partial charge in [-0.25, -0.2) is 9.80 Å². The van der Waals surface area contributed by atoms with Crippen LogP contribution in [0.25, 0.3) is 0 Å². The third-order valence-electron chi connectivity index (χ3n) is 16.4. The Hall–Kier alpha value is -7.34. The van der Waals surface area contributed by atoms with Crippen LogP contribution in [0.15, 0.2) is 72.8 Å². The summed E-state index contributed by atoms with van der Waals surface area (Å²) in [6.07, 6.45) is 2.81. The number of rotatable bonds is 4. The van der Waals surface area contributed by atoms with Gasteiger partial charge in [-0.2, -0.15) is 0 Å². The van der Waals surface area contributed by atoms with E-state index in [4.69, 9.17) is 0 Å². The molecule has 5 aromatic rings. The van der Waals surface area contributed by atoms with Crippen LogP contribution < -0.4 is 9.80 Å². The molecular weight excluding hydrogens is 977 g/mol. The number of amides is 8. The SMILES string of the molecule is CC.CC(C)(C)c1ccc2c(c1)C(=O)N(C1CCCCC1N1C(=O)c3ccc(C(C)(C)C)cc3C1=O)C2=O.Cc1c(C)c(N2C(=O)c3ccc(C(C)(C)C)cc3C2=O)c(C)c(C)c1N1C(=O)c2ccc(C(C)(C)C)cc2C1=O. The topological polar surface area (TPSA) is 150 Å². The molecule has 0 spiro atoms. The average molecular weight is 1050 g/mol. The number of hydrogen-bond donors (Lipinski definition) is 0. The Kier molecular flexibility index (Phi) is 14.5. The zero-order valence-electron chi connectivity index (χ0n) is 49.0. The zero-order chi connectivity index (χ0) is 57.8. The first-order valence-corrected chi connectivity index (χ1v) is 27.5. The number of nitrogens with zero attached hydrogens (tertiary/aromatic N) is 4. The van der Waals surface area contributed by atoms with Gasteiger partial charge < -0.3 is 0 Å². The summed E-state index contributed by atoms with van der Waals surface area (Å²) in [5.41, 5.74) is 10.1. The van der Waals surface area contributed by atoms with Gasteiger partial charge in [-0.1, -0.05) is 134 Å². The Morgan fingerprint density at radius 2 is 0.526 bits per heavy atom. The molecule has 0 radical (unpaired) electrons. The summed E-state index contributed by atoms with van der Waals surface area (Å²) in [6.45, 7) is 36.1. The summed E-state index contributed by atoms with van der Waals surface area (Å²) in [6, 6.07) is 20.8. The molecule has 0 saturated heterocycles. The van der Waals surface area contributed by atoms with E-state index in [1.807, 2.05) is 90.1 Å². The van der Waals surface area contributed by atoms with Crippen molar-refractivity contribution in [3.63, 3.8) is 0 Å². The third-order valence-corrected chi connectivity index (χ3v) is 16.4. The second-order valence-electron chi connectivity index (χ2n) is 25.5. The standard InChI is InChI=1S/C34H36N2O4.C30H34N2O4.C2H6/c1-17-18(2)28(36-30(38)24-14-12-22(34(8,9)10)16-26(24)32(36)40)20(4)19(3)27(17)35-29(37)23-13-11-21(33(5,6)7)15-25(23)31(35)39;1-29(2,3)17-11-13-19-21(15-17)27(35)31(25(19)33)23-9-7-8-10-24(23)32-26(34)20-14-12-18(30(4,5)6)16-22(20)28(32)36;1-2/h11-16H,1-10H3;11-16,23-24H,7-10H2,1-6H3;1-2H3. The van der Waals surface area contributed by atoms with Crippen molar-refractivity contribution in [1.82, 2.24) is 9.80 Å². The second-order valence-corrected chi connectivity index (χ2v) is 25.5. The summed E-state index contributed by atoms with van der Waals surface area (Å²) in [5, 5.41) is 0. The van der Waals surface area contributed by atoms with E-state index < -0.39 is 12.1 Å². The van der Waals surface area contributed by atoms with E-state index >= 15 is 0 Å². The Balaban J connectivity index is 0.000000201. The highest BCUT2D eigenvalue weighted by atomic mass is 16.2. The monoisotopic (exact) mass is 1050 g/mol. The Morgan fingerprint density at radius 1 is 0.321 bits per heavy atom. The van der Waals surface area contributed by atoms with Gasteiger partial charge in [0.15, 0.2) is 0 Å². The summed E-state index contributed by atoms with van der Waals surface area (Å²) < 4.78 is 0. The molecule has 4 heterocycles. The van der Waals surface area contributed by atoms with Crippen LogP contribution >= 0.6 is 0 Å². The lowest BCUT2D eigenvalue weighted by molar-refractivity contribution is 0.0291. The molecule has 5 aromatic carbocycles. The largest absolute Gasteiger partial charge is 0.269 e. The second kappa shape index (κ2) is 19.8. The lowest BCUT2D eigenvalue weighted by atomic mass is 9.85. The highest BCUT2D eigenvalue weighted by molar-refractivity contribution is 6.37. The van der Waals surface area contributed by atoms with Crippen molar-refractivity contribution < 1.29 is 38.4 Å². The fraction of sp³-hybridized carbons (Fsp3) is 0.424. The minimum Gasteiger partial charge on any atom is -0.269 e. The molecule has 8 amide bonds. The minimum atomic E-state index is -0.534. The molecule has 12 heteroatoms. The minimum absolute atomic E-state index is 0.161. The van der Waals surface area contributed by atoms with Gasteiger partial charge in [-0.05, 0) is 155 Å². The van der Waals surface area contributed by atoms with Crippen LogP contribution in [0.4, 0.5) is 11.4 Å². The van der Waals surface area contributed by atoms with Crippen molar-refractivity contribution in [3.8, 4) is 0 Å². The fourth-order valence-corrected chi connectivity index (χ4v) is 11.5. The Bertz CT molecular complexity index is 3190. The maximum atomic E-state index is 13.7. The lowest BCUT2D eigenvalue weighted by Crippen LogP contribution is -2.56. The number of carbonyl (C=O) groups is 8. The normalized spacial score (nSPS) is 18.3. The third kappa shape index (κ3) is 9.32. The maximum absolute atomic E-state index is 13.7. The highest BCUT2D eigenvalue weighted by Crippen LogP contribution is 2.45. The van der Waals surface area contributed by atoms with E-state index in [1.54, 1.807) is 24.3 Å². The van der Waals surface area contributed by atoms with Gasteiger partial charge in [-0.3, -0.25) is 48.2 Å². The number of anilines is 2. The molecule has 2 atom stereocenters. The van der Waals surface area contributed by atoms with Gasteiger partial charge in [0.1, 0.15) is 0 Å². The van der Waals surface area contributed by atoms with Gasteiger partial charge >= 0.3 is 0 Å². The number of carbonyl (C=O) groups excluding carboxylic acids is 8. The molecule has 78 heavy (non-hydrogen) atoms. The van der Waals surface area contributed by atoms with Crippen LogP contribution in [0.5, 0.6) is 0 Å². The van der Waals surface area contributed by atoms with E-state index in [-0.39, 0.29) is 68.9 Å². The molecule has 1 aliphatic carbocycles. The first-order valence-electron chi connectivity index (χ1n) is 27.5. The van der Waals surface area contributed by atoms with Crippen molar-refractivity contribution in [3.05, 3.63) is 162 Å². The van der Waals surface area contributed by atoms with Gasteiger partial charge in [0.2, 0.25) is 0 Å². The van der Waals surface area contributed by atoms with Gasteiger partial charge in [-0.15, -0.1) is 0 Å². The molecular formula is C66H76N4O8. The van der Waals surface area contributed by atoms with Gasteiger partial charge in [0.05, 0.1) is 68.0 Å². The first-order chi connectivity index (χ1) is 36.3. The Labute approximate surface area is 460 Å². The fourth-order valence-electron chi connectivity index (χ4n) is 11.5. The van der Waals surface area contributed by atoms with Crippen LogP contribution in [-0.2, 0) is 21.7 Å². The molecule has 1 fully saturated rings. The van der Waals surface area contributed by atoms with Crippen LogP contribution in [0.2, 0.25) is 0 Å². The van der Waals surface area contributed by atoms with Crippen molar-refractivity contribution in [2.75, 3.05) is 9.80 Å². The molecule has 0 N–H and O–H groups in total. The molecule has 408 valence electrons. The average Bonchev–Trinajstić information content (AvgIpc) is 4.13. The highest BCUT2D eigenvalue weighted by Gasteiger charge is 2.50. The predicted molar refractivity (Wildman–Crippen MR) is 307 cm³/mol. The summed E-state index contributed by atoms with van der Waals surface area (Å²) in [7, 11) is 0. The summed E-state index contributed by atoms with van der Waals surface area (Å²) in [4.78, 5) is 114. The predicted octanol–water partition coefficient (Wildman–Crippen LogP) is 13.6. The summed E-state index contributed by atoms with van der Waals surface area (Å²) in [5.74, 6) is -2.78. The lowest BCUT2D eigenvalue weighted by Gasteiger charge is -2.40. The number of hydrogen-bond acceptors (Lipinski definition) is 8. The maximum Gasteiger partial charge on any atom is 0.266 e. The smallest absolute Gasteiger partial charge is 0.266 e. The van der Waals surface area contributed by atoms with E-state index in [0.717, 1.165) is 35.1 Å². The van der Waals surface area contributed by atoms with E-state index in [0.29, 0.717) is 91.0 Å². The molecule has 12 nitrogen and oxygen atoms in total. The van der Waals surface area contributed by atoms with Gasteiger partial charge in [0, 0.05) is 0 Å². The molecule has 4 aliphatic heterocycles. The van der Waals surface area contributed by atoms with E-state index in [2.05, 4.69) is 83.1 Å². The number of imide groups is 4. The van der Waals surface area contributed by atoms with E-state index in [9.17, 15) is 38.4 Å². The summed E-state index contributed by atoms with van der Waals surface area (Å²) >= 11 is 0. The van der Waals surface area contributed by atoms with Crippen LogP contribution in [0.3, 0.4) is 0 Å². The van der Waals surface area contributed by atoms with Crippen molar-refractivity contribution >= 4 is 58.6 Å². The van der Waals surface area contributed by atoms with Crippen molar-refractivity contribution in [2.24, 2.45) is 0 Å². The molecule has 5 aliphatic rings. The van der Waals surface area contributed by atoms with Crippen LogP contribution in [0, 0.1) is 27.7 Å². The molecule has 2 unspecified atom stereocenters. The molecule has 10 rings (SSSR count). The molecule has 0 aromatic heterocycles. The molecule has 1 saturated carbocycles. The zero-order valence-corrected chi connectivity index (χ0v) is 49.0. The van der Waals surface area contributed by atoms with E-state index in [1.165, 1.54) is 19.6 Å². The van der Waals surface area contributed by atoms with Gasteiger partial charge in [0.25, 0.3) is 47.3 Å².